The molecule has 0 radical (unpaired) electrons. The summed E-state index contributed by atoms with van der Waals surface area (Å²) in [6, 6.07) is 73.2. The Morgan fingerprint density at radius 2 is 1.04 bits per heavy atom. The van der Waals surface area contributed by atoms with Gasteiger partial charge in [0.25, 0.3) is 0 Å². The van der Waals surface area contributed by atoms with Crippen LogP contribution in [0.4, 0.5) is 17.1 Å². The van der Waals surface area contributed by atoms with Crippen LogP contribution in [0.25, 0.3) is 77.7 Å². The van der Waals surface area contributed by atoms with Crippen LogP contribution in [0.1, 0.15) is 71.4 Å². The average Bonchev–Trinajstić information content (AvgIpc) is 3.94. The van der Waals surface area contributed by atoms with Crippen LogP contribution in [0.5, 0.6) is 0 Å². The van der Waals surface area contributed by atoms with E-state index in [1.807, 2.05) is 6.20 Å². The number of imidazole rings is 1. The van der Waals surface area contributed by atoms with Gasteiger partial charge in [0, 0.05) is 58.0 Å². The summed E-state index contributed by atoms with van der Waals surface area (Å²) >= 11 is 0. The number of anilines is 3. The van der Waals surface area contributed by atoms with Gasteiger partial charge >= 0.3 is 0 Å². The normalized spacial score (nSPS) is 12.0. The molecule has 338 valence electrons. The Morgan fingerprint density at radius 1 is 0.478 bits per heavy atom. The Bertz CT molecular complexity index is 3580. The summed E-state index contributed by atoms with van der Waals surface area (Å²) in [6.07, 6.45) is 4.25. The second-order valence-electron chi connectivity index (χ2n) is 19.9. The molecule has 11 rings (SSSR count). The number of hydrogen-bond donors (Lipinski definition) is 0. The fraction of sp³-hybridized carbons (Fsp3) is 0.156. The van der Waals surface area contributed by atoms with Gasteiger partial charge in [-0.05, 0) is 121 Å². The minimum absolute atomic E-state index is 0.121. The lowest BCUT2D eigenvalue weighted by molar-refractivity contribution is 0.406. The highest BCUT2D eigenvalue weighted by molar-refractivity contribution is 6.11. The van der Waals surface area contributed by atoms with Gasteiger partial charge < -0.3 is 4.90 Å². The molecular weight excluding hydrogens is 839 g/mol. The number of benzene rings is 8. The van der Waals surface area contributed by atoms with Crippen molar-refractivity contribution in [2.75, 3.05) is 4.90 Å². The second-order valence-corrected chi connectivity index (χ2v) is 19.9. The van der Waals surface area contributed by atoms with Crippen molar-refractivity contribution in [1.29, 1.82) is 0 Å². The van der Waals surface area contributed by atoms with E-state index >= 15 is 0 Å². The lowest BCUT2D eigenvalue weighted by Gasteiger charge is -2.30. The number of pyridine rings is 1. The van der Waals surface area contributed by atoms with Crippen LogP contribution in [0.2, 0.25) is 0 Å². The number of rotatable bonds is 10. The summed E-state index contributed by atoms with van der Waals surface area (Å²) in [6.45, 7) is 16.0. The molecule has 0 aliphatic carbocycles. The number of fused-ring (bicyclic) bond motifs is 4. The summed E-state index contributed by atoms with van der Waals surface area (Å²) in [4.78, 5) is 7.67. The fourth-order valence-corrected chi connectivity index (χ4v) is 10.5. The van der Waals surface area contributed by atoms with Crippen molar-refractivity contribution in [3.63, 3.8) is 0 Å². The Kier molecular flexibility index (Phi) is 11.1. The zero-order chi connectivity index (χ0) is 47.4. The Morgan fingerprint density at radius 3 is 1.70 bits per heavy atom. The summed E-state index contributed by atoms with van der Waals surface area (Å²) in [7, 11) is 0. The first-order valence-electron chi connectivity index (χ1n) is 24.3. The molecule has 0 N–H and O–H groups in total. The van der Waals surface area contributed by atoms with Crippen molar-refractivity contribution in [1.82, 2.24) is 18.7 Å². The Hall–Kier alpha value is -8.02. The lowest BCUT2D eigenvalue weighted by Crippen LogP contribution is -2.20. The van der Waals surface area contributed by atoms with E-state index in [1.165, 1.54) is 38.5 Å². The van der Waals surface area contributed by atoms with Crippen LogP contribution >= 0.6 is 0 Å². The molecular formula is C64H58N5+. The molecule has 5 nitrogen and oxygen atoms in total. The van der Waals surface area contributed by atoms with E-state index in [1.54, 1.807) is 0 Å². The molecule has 0 saturated heterocycles. The second kappa shape index (κ2) is 17.6. The maximum absolute atomic E-state index is 5.19. The summed E-state index contributed by atoms with van der Waals surface area (Å²) < 4.78 is 7.09. The molecule has 0 saturated carbocycles. The van der Waals surface area contributed by atoms with Gasteiger partial charge in [-0.15, -0.1) is 0 Å². The highest BCUT2D eigenvalue weighted by Crippen LogP contribution is 2.48. The van der Waals surface area contributed by atoms with Crippen molar-refractivity contribution in [2.45, 2.75) is 65.8 Å². The van der Waals surface area contributed by atoms with Crippen LogP contribution in [-0.4, -0.2) is 18.7 Å². The molecule has 3 aromatic heterocycles. The van der Waals surface area contributed by atoms with Crippen molar-refractivity contribution in [3.05, 3.63) is 224 Å². The molecule has 0 aliphatic rings. The molecule has 0 spiro atoms. The van der Waals surface area contributed by atoms with Crippen molar-refractivity contribution in [3.8, 4) is 44.9 Å². The zero-order valence-corrected chi connectivity index (χ0v) is 40.6. The standard InChI is InChI=1S/C64H58N5/c1-43(2)51-28-19-29-52(44(3)4)62(51)47-37-38-65-61(39-47)69-57-32-15-14-27-55(57)56-36-35-50(41-60(56)69)68(63-53(45-21-10-8-11-22-45)30-20-31-54(63)46-23-12-9-13-24-46)49-26-18-25-48(40-49)66-42-67(64(5,6)7)59-34-17-16-33-58(59)66/h8-44H,1-7H3/q+1. The van der Waals surface area contributed by atoms with Crippen molar-refractivity contribution >= 4 is 49.9 Å². The minimum Gasteiger partial charge on any atom is -0.308 e. The van der Waals surface area contributed by atoms with Crippen molar-refractivity contribution < 1.29 is 0 Å². The van der Waals surface area contributed by atoms with Gasteiger partial charge in [-0.3, -0.25) is 4.57 Å². The third-order valence-corrected chi connectivity index (χ3v) is 13.7. The predicted molar refractivity (Wildman–Crippen MR) is 292 cm³/mol. The number of para-hydroxylation sites is 4. The molecule has 8 aromatic carbocycles. The molecule has 5 heteroatoms. The molecule has 69 heavy (non-hydrogen) atoms. The highest BCUT2D eigenvalue weighted by Gasteiger charge is 2.28. The monoisotopic (exact) mass is 896 g/mol. The maximum atomic E-state index is 5.19. The zero-order valence-electron chi connectivity index (χ0n) is 40.6. The van der Waals surface area contributed by atoms with Gasteiger partial charge in [0.2, 0.25) is 0 Å². The first kappa shape index (κ1) is 43.5. The van der Waals surface area contributed by atoms with Gasteiger partial charge in [-0.2, -0.15) is 4.57 Å². The predicted octanol–water partition coefficient (Wildman–Crippen LogP) is 17.7. The Labute approximate surface area is 406 Å². The van der Waals surface area contributed by atoms with Crippen LogP contribution in [0.3, 0.4) is 0 Å². The quantitative estimate of drug-likeness (QED) is 0.128. The van der Waals surface area contributed by atoms with Gasteiger partial charge in [0.15, 0.2) is 17.4 Å². The Balaban J connectivity index is 1.20. The SMILES string of the molecule is CC(C)c1cccc(C(C)C)c1-c1ccnc(-n2c3ccccc3c3ccc(N(c4cccc(-n5[cH+]n(C(C)(C)C)c6ccccc65)c4)c4c(-c5ccccc5)cccc4-c4ccccc4)cc32)c1. The summed E-state index contributed by atoms with van der Waals surface area (Å²) in [5.74, 6) is 1.62. The van der Waals surface area contributed by atoms with Gasteiger partial charge in [-0.1, -0.05) is 149 Å². The number of aromatic nitrogens is 4. The van der Waals surface area contributed by atoms with E-state index in [2.05, 4.69) is 274 Å². The van der Waals surface area contributed by atoms with Gasteiger partial charge in [0.1, 0.15) is 11.5 Å². The highest BCUT2D eigenvalue weighted by atomic mass is 15.2. The smallest absolute Gasteiger partial charge is 0.191 e. The average molecular weight is 897 g/mol. The summed E-state index contributed by atoms with van der Waals surface area (Å²) in [5, 5.41) is 2.36. The molecule has 0 amide bonds. The van der Waals surface area contributed by atoms with Crippen molar-refractivity contribution in [2.24, 2.45) is 0 Å². The van der Waals surface area contributed by atoms with Gasteiger partial charge in [0.05, 0.1) is 27.9 Å². The fourth-order valence-electron chi connectivity index (χ4n) is 10.5. The molecule has 11 aromatic rings. The van der Waals surface area contributed by atoms with E-state index in [0.29, 0.717) is 11.8 Å². The van der Waals surface area contributed by atoms with Gasteiger partial charge in [-0.25, -0.2) is 9.55 Å². The number of hydrogen-bond acceptors (Lipinski definition) is 2. The van der Waals surface area contributed by atoms with E-state index in [9.17, 15) is 0 Å². The van der Waals surface area contributed by atoms with E-state index in [0.717, 1.165) is 67.4 Å². The lowest BCUT2D eigenvalue weighted by atomic mass is 9.85. The molecule has 0 unspecified atom stereocenters. The minimum atomic E-state index is -0.121. The van der Waals surface area contributed by atoms with E-state index in [-0.39, 0.29) is 5.54 Å². The summed E-state index contributed by atoms with van der Waals surface area (Å²) in [5.41, 5.74) is 18.5. The number of nitrogens with zero attached hydrogens (tertiary/aromatic N) is 5. The topological polar surface area (TPSA) is 30.9 Å². The largest absolute Gasteiger partial charge is 0.308 e. The molecule has 3 heterocycles. The first-order valence-corrected chi connectivity index (χ1v) is 24.3. The molecule has 0 atom stereocenters. The van der Waals surface area contributed by atoms with Crippen LogP contribution < -0.4 is 4.90 Å². The van der Waals surface area contributed by atoms with E-state index < -0.39 is 0 Å². The first-order chi connectivity index (χ1) is 33.5. The molecule has 0 aliphatic heterocycles. The third-order valence-electron chi connectivity index (χ3n) is 13.7. The van der Waals surface area contributed by atoms with Crippen LogP contribution in [-0.2, 0) is 5.54 Å². The van der Waals surface area contributed by atoms with Crippen LogP contribution in [0.15, 0.2) is 213 Å². The molecule has 0 bridgehead atoms. The van der Waals surface area contributed by atoms with Crippen LogP contribution in [0, 0.1) is 0 Å². The third kappa shape index (κ3) is 7.78. The molecule has 0 fully saturated rings. The maximum Gasteiger partial charge on any atom is 0.191 e. The van der Waals surface area contributed by atoms with E-state index in [4.69, 9.17) is 4.98 Å².